The molecule has 0 radical (unpaired) electrons. The normalized spacial score (nSPS) is 15.9. The van der Waals surface area contributed by atoms with Crippen molar-refractivity contribution in [2.24, 2.45) is 10.9 Å². The van der Waals surface area contributed by atoms with Crippen LogP contribution in [-0.4, -0.2) is 48.9 Å². The SMILES string of the molecule is CN=C(NCc1csc(C(C)C)n1)N1CCC(CC(=O)NC)CC1.I. The van der Waals surface area contributed by atoms with Crippen LogP contribution in [0.4, 0.5) is 0 Å². The lowest BCUT2D eigenvalue weighted by atomic mass is 9.93. The van der Waals surface area contributed by atoms with Crippen molar-refractivity contribution in [3.63, 3.8) is 0 Å². The van der Waals surface area contributed by atoms with Crippen molar-refractivity contribution in [3.05, 3.63) is 16.1 Å². The summed E-state index contributed by atoms with van der Waals surface area (Å²) in [6.45, 7) is 6.91. The molecular weight excluding hydrogens is 449 g/mol. The Morgan fingerprint density at radius 3 is 2.64 bits per heavy atom. The van der Waals surface area contributed by atoms with E-state index in [1.165, 1.54) is 5.01 Å². The first-order valence-electron chi connectivity index (χ1n) is 8.64. The van der Waals surface area contributed by atoms with Gasteiger partial charge in [0.2, 0.25) is 5.91 Å². The Morgan fingerprint density at radius 2 is 2.12 bits per heavy atom. The van der Waals surface area contributed by atoms with Crippen LogP contribution in [0.1, 0.15) is 49.7 Å². The second-order valence-corrected chi connectivity index (χ2v) is 7.43. The molecule has 0 saturated carbocycles. The number of aliphatic imine (C=N–C) groups is 1. The summed E-state index contributed by atoms with van der Waals surface area (Å²) in [7, 11) is 3.52. The number of thiazole rings is 1. The molecule has 2 heterocycles. The predicted molar refractivity (Wildman–Crippen MR) is 115 cm³/mol. The molecule has 6 nitrogen and oxygen atoms in total. The van der Waals surface area contributed by atoms with Crippen molar-refractivity contribution < 1.29 is 4.79 Å². The maximum atomic E-state index is 11.5. The molecule has 1 aliphatic rings. The molecule has 0 atom stereocenters. The fraction of sp³-hybridized carbons (Fsp3) is 0.706. The molecule has 0 unspecified atom stereocenters. The van der Waals surface area contributed by atoms with Crippen LogP contribution >= 0.6 is 35.3 Å². The van der Waals surface area contributed by atoms with Crippen molar-refractivity contribution in [3.8, 4) is 0 Å². The topological polar surface area (TPSA) is 69.6 Å². The number of hydrogen-bond donors (Lipinski definition) is 2. The molecule has 1 aliphatic heterocycles. The number of guanidine groups is 1. The van der Waals surface area contributed by atoms with Crippen molar-refractivity contribution in [1.82, 2.24) is 20.5 Å². The minimum atomic E-state index is 0. The van der Waals surface area contributed by atoms with Gasteiger partial charge in [-0.3, -0.25) is 9.79 Å². The smallest absolute Gasteiger partial charge is 0.220 e. The first kappa shape index (κ1) is 22.1. The maximum absolute atomic E-state index is 11.5. The molecule has 0 aromatic carbocycles. The number of hydrogen-bond acceptors (Lipinski definition) is 4. The zero-order valence-electron chi connectivity index (χ0n) is 15.5. The first-order valence-corrected chi connectivity index (χ1v) is 9.52. The highest BCUT2D eigenvalue weighted by atomic mass is 127. The summed E-state index contributed by atoms with van der Waals surface area (Å²) in [5.41, 5.74) is 1.07. The van der Waals surface area contributed by atoms with Gasteiger partial charge >= 0.3 is 0 Å². The molecule has 0 bridgehead atoms. The Labute approximate surface area is 171 Å². The minimum Gasteiger partial charge on any atom is -0.359 e. The summed E-state index contributed by atoms with van der Waals surface area (Å²) >= 11 is 1.72. The molecule has 1 amide bonds. The van der Waals surface area contributed by atoms with Crippen molar-refractivity contribution in [2.75, 3.05) is 27.2 Å². The number of halogens is 1. The van der Waals surface area contributed by atoms with E-state index in [0.29, 0.717) is 24.8 Å². The molecular formula is C17H30IN5OS. The molecule has 1 fully saturated rings. The van der Waals surface area contributed by atoms with Gasteiger partial charge in [0.1, 0.15) is 0 Å². The predicted octanol–water partition coefficient (Wildman–Crippen LogP) is 2.81. The highest BCUT2D eigenvalue weighted by Gasteiger charge is 2.23. The Kier molecular flexibility index (Phi) is 9.70. The van der Waals surface area contributed by atoms with E-state index in [-0.39, 0.29) is 29.9 Å². The van der Waals surface area contributed by atoms with Crippen LogP contribution in [0.3, 0.4) is 0 Å². The van der Waals surface area contributed by atoms with E-state index in [2.05, 4.69) is 44.7 Å². The van der Waals surface area contributed by atoms with Gasteiger partial charge in [-0.15, -0.1) is 35.3 Å². The van der Waals surface area contributed by atoms with E-state index in [1.807, 2.05) is 7.05 Å². The zero-order chi connectivity index (χ0) is 17.5. The Morgan fingerprint density at radius 1 is 1.44 bits per heavy atom. The van der Waals surface area contributed by atoms with Crippen LogP contribution in [-0.2, 0) is 11.3 Å². The quantitative estimate of drug-likeness (QED) is 0.387. The molecule has 142 valence electrons. The third-order valence-electron chi connectivity index (χ3n) is 4.37. The molecule has 2 rings (SSSR count). The van der Waals surface area contributed by atoms with E-state index in [4.69, 9.17) is 0 Å². The number of piperidine rings is 1. The third kappa shape index (κ3) is 6.73. The lowest BCUT2D eigenvalue weighted by Crippen LogP contribution is -2.45. The van der Waals surface area contributed by atoms with Gasteiger partial charge in [0.25, 0.3) is 0 Å². The summed E-state index contributed by atoms with van der Waals surface area (Å²) in [6.07, 6.45) is 2.69. The van der Waals surface area contributed by atoms with Crippen molar-refractivity contribution in [2.45, 2.75) is 45.6 Å². The molecule has 8 heteroatoms. The standard InChI is InChI=1S/C17H29N5OS.HI/c1-12(2)16-21-14(11-24-16)10-20-17(19-4)22-7-5-13(6-8-22)9-15(23)18-3;/h11-13H,5-10H2,1-4H3,(H,18,23)(H,19,20);1H. The van der Waals surface area contributed by atoms with E-state index >= 15 is 0 Å². The molecule has 0 spiro atoms. The van der Waals surface area contributed by atoms with E-state index < -0.39 is 0 Å². The monoisotopic (exact) mass is 479 g/mol. The van der Waals surface area contributed by atoms with Gasteiger partial charge in [-0.05, 0) is 18.8 Å². The molecule has 1 aromatic rings. The molecule has 0 aliphatic carbocycles. The van der Waals surface area contributed by atoms with Gasteiger partial charge in [0.05, 0.1) is 17.2 Å². The van der Waals surface area contributed by atoms with E-state index in [9.17, 15) is 4.79 Å². The number of carbonyl (C=O) groups excluding carboxylic acids is 1. The van der Waals surface area contributed by atoms with Crippen LogP contribution in [0.5, 0.6) is 0 Å². The second kappa shape index (κ2) is 10.9. The van der Waals surface area contributed by atoms with E-state index in [0.717, 1.165) is 37.6 Å². The maximum Gasteiger partial charge on any atom is 0.220 e. The molecule has 2 N–H and O–H groups in total. The second-order valence-electron chi connectivity index (χ2n) is 6.54. The van der Waals surface area contributed by atoms with Crippen LogP contribution in [0, 0.1) is 5.92 Å². The number of rotatable bonds is 5. The van der Waals surface area contributed by atoms with Crippen LogP contribution in [0.15, 0.2) is 10.4 Å². The van der Waals surface area contributed by atoms with Crippen LogP contribution < -0.4 is 10.6 Å². The number of amides is 1. The average molecular weight is 479 g/mol. The number of carbonyl (C=O) groups is 1. The van der Waals surface area contributed by atoms with Crippen LogP contribution in [0.2, 0.25) is 0 Å². The molecule has 1 saturated heterocycles. The van der Waals surface area contributed by atoms with Gasteiger partial charge < -0.3 is 15.5 Å². The fourth-order valence-electron chi connectivity index (χ4n) is 2.88. The lowest BCUT2D eigenvalue weighted by molar-refractivity contribution is -0.121. The van der Waals surface area contributed by atoms with Gasteiger partial charge in [0, 0.05) is 44.9 Å². The van der Waals surface area contributed by atoms with Crippen LogP contribution in [0.25, 0.3) is 0 Å². The highest BCUT2D eigenvalue weighted by Crippen LogP contribution is 2.21. The van der Waals surface area contributed by atoms with Gasteiger partial charge in [-0.2, -0.15) is 0 Å². The number of nitrogens with one attached hydrogen (secondary N) is 2. The highest BCUT2D eigenvalue weighted by molar-refractivity contribution is 14.0. The summed E-state index contributed by atoms with van der Waals surface area (Å²) in [4.78, 5) is 22.8. The van der Waals surface area contributed by atoms with Crippen molar-refractivity contribution >= 4 is 47.2 Å². The summed E-state index contributed by atoms with van der Waals surface area (Å²) in [5, 5.41) is 9.42. The average Bonchev–Trinajstić information content (AvgIpc) is 3.06. The van der Waals surface area contributed by atoms with Crippen molar-refractivity contribution in [1.29, 1.82) is 0 Å². The third-order valence-corrected chi connectivity index (χ3v) is 5.56. The lowest BCUT2D eigenvalue weighted by Gasteiger charge is -2.34. The Balaban J connectivity index is 0.00000312. The van der Waals surface area contributed by atoms with E-state index in [1.54, 1.807) is 18.4 Å². The summed E-state index contributed by atoms with van der Waals surface area (Å²) in [5.74, 6) is 2.02. The fourth-order valence-corrected chi connectivity index (χ4v) is 3.72. The van der Waals surface area contributed by atoms with Gasteiger partial charge in [-0.25, -0.2) is 4.98 Å². The summed E-state index contributed by atoms with van der Waals surface area (Å²) < 4.78 is 0. The van der Waals surface area contributed by atoms with Gasteiger partial charge in [-0.1, -0.05) is 13.8 Å². The zero-order valence-corrected chi connectivity index (χ0v) is 18.7. The number of nitrogens with zero attached hydrogens (tertiary/aromatic N) is 3. The molecule has 1 aromatic heterocycles. The number of likely N-dealkylation sites (tertiary alicyclic amines) is 1. The first-order chi connectivity index (χ1) is 11.5. The summed E-state index contributed by atoms with van der Waals surface area (Å²) in [6, 6.07) is 0. The minimum absolute atomic E-state index is 0. The molecule has 25 heavy (non-hydrogen) atoms. The Hall–Kier alpha value is -0.900. The van der Waals surface area contributed by atoms with Gasteiger partial charge in [0.15, 0.2) is 5.96 Å². The largest absolute Gasteiger partial charge is 0.359 e. The Bertz CT molecular complexity index is 567. The number of aromatic nitrogens is 1.